The van der Waals surface area contributed by atoms with Gasteiger partial charge in [-0.2, -0.15) is 0 Å². The SMILES string of the molecule is CCCCN(C)C(=O)C1C2CCC(C2)C1N. The van der Waals surface area contributed by atoms with E-state index < -0.39 is 0 Å². The van der Waals surface area contributed by atoms with Crippen LogP contribution in [-0.2, 0) is 4.79 Å². The van der Waals surface area contributed by atoms with Crippen LogP contribution in [0.3, 0.4) is 0 Å². The van der Waals surface area contributed by atoms with Gasteiger partial charge in [0.2, 0.25) is 5.91 Å². The fourth-order valence-corrected chi connectivity index (χ4v) is 3.46. The van der Waals surface area contributed by atoms with Gasteiger partial charge < -0.3 is 10.6 Å². The first-order valence-electron chi connectivity index (χ1n) is 6.65. The van der Waals surface area contributed by atoms with E-state index >= 15 is 0 Å². The van der Waals surface area contributed by atoms with E-state index in [9.17, 15) is 4.79 Å². The van der Waals surface area contributed by atoms with E-state index in [1.807, 2.05) is 11.9 Å². The van der Waals surface area contributed by atoms with Crippen LogP contribution >= 0.6 is 0 Å². The summed E-state index contributed by atoms with van der Waals surface area (Å²) in [5, 5.41) is 0. The molecule has 4 unspecified atom stereocenters. The molecule has 3 heteroatoms. The van der Waals surface area contributed by atoms with E-state index in [2.05, 4.69) is 6.92 Å². The van der Waals surface area contributed by atoms with Gasteiger partial charge in [-0.25, -0.2) is 0 Å². The third-order valence-corrected chi connectivity index (χ3v) is 4.49. The van der Waals surface area contributed by atoms with Gasteiger partial charge >= 0.3 is 0 Å². The Morgan fingerprint density at radius 1 is 1.38 bits per heavy atom. The van der Waals surface area contributed by atoms with Crippen LogP contribution in [0.2, 0.25) is 0 Å². The summed E-state index contributed by atoms with van der Waals surface area (Å²) in [4.78, 5) is 14.2. The predicted octanol–water partition coefficient (Wildman–Crippen LogP) is 1.62. The standard InChI is InChI=1S/C13H24N2O/c1-3-4-7-15(2)13(16)11-9-5-6-10(8-9)12(11)14/h9-12H,3-8,14H2,1-2H3. The molecule has 4 atom stereocenters. The molecule has 2 saturated carbocycles. The summed E-state index contributed by atoms with van der Waals surface area (Å²) in [5.74, 6) is 1.63. The smallest absolute Gasteiger partial charge is 0.227 e. The van der Waals surface area contributed by atoms with Crippen LogP contribution in [0.1, 0.15) is 39.0 Å². The highest BCUT2D eigenvalue weighted by atomic mass is 16.2. The third-order valence-electron chi connectivity index (χ3n) is 4.49. The lowest BCUT2D eigenvalue weighted by Gasteiger charge is -2.30. The van der Waals surface area contributed by atoms with Crippen molar-refractivity contribution < 1.29 is 4.79 Å². The normalized spacial score (nSPS) is 36.7. The number of nitrogens with zero attached hydrogens (tertiary/aromatic N) is 1. The molecule has 0 saturated heterocycles. The van der Waals surface area contributed by atoms with Gasteiger partial charge in [-0.1, -0.05) is 13.3 Å². The Morgan fingerprint density at radius 3 is 2.62 bits per heavy atom. The summed E-state index contributed by atoms with van der Waals surface area (Å²) in [7, 11) is 1.93. The summed E-state index contributed by atoms with van der Waals surface area (Å²) in [6.45, 7) is 3.04. The number of unbranched alkanes of at least 4 members (excludes halogenated alkanes) is 1. The summed E-state index contributed by atoms with van der Waals surface area (Å²) >= 11 is 0. The molecule has 0 aromatic rings. The first-order chi connectivity index (χ1) is 7.65. The quantitative estimate of drug-likeness (QED) is 0.788. The van der Waals surface area contributed by atoms with Crippen LogP contribution in [0.15, 0.2) is 0 Å². The van der Waals surface area contributed by atoms with Gasteiger partial charge in [0.15, 0.2) is 0 Å². The van der Waals surface area contributed by atoms with E-state index in [1.54, 1.807) is 0 Å². The number of carbonyl (C=O) groups is 1. The second kappa shape index (κ2) is 4.74. The molecule has 0 aromatic carbocycles. The summed E-state index contributed by atoms with van der Waals surface area (Å²) in [5.41, 5.74) is 6.18. The Labute approximate surface area is 98.4 Å². The first-order valence-corrected chi connectivity index (χ1v) is 6.65. The summed E-state index contributed by atoms with van der Waals surface area (Å²) in [6.07, 6.45) is 5.89. The number of carbonyl (C=O) groups excluding carboxylic acids is 1. The van der Waals surface area contributed by atoms with Crippen LogP contribution in [-0.4, -0.2) is 30.4 Å². The summed E-state index contributed by atoms with van der Waals surface area (Å²) < 4.78 is 0. The topological polar surface area (TPSA) is 46.3 Å². The van der Waals surface area contributed by atoms with Crippen molar-refractivity contribution in [3.8, 4) is 0 Å². The molecule has 2 aliphatic rings. The van der Waals surface area contributed by atoms with Crippen molar-refractivity contribution in [1.29, 1.82) is 0 Å². The van der Waals surface area contributed by atoms with Crippen molar-refractivity contribution in [1.82, 2.24) is 4.90 Å². The number of nitrogens with two attached hydrogens (primary N) is 1. The van der Waals surface area contributed by atoms with Crippen LogP contribution < -0.4 is 5.73 Å². The van der Waals surface area contributed by atoms with E-state index in [0.29, 0.717) is 17.7 Å². The van der Waals surface area contributed by atoms with Gasteiger partial charge in [-0.15, -0.1) is 0 Å². The maximum atomic E-state index is 12.3. The number of hydrogen-bond acceptors (Lipinski definition) is 2. The molecular weight excluding hydrogens is 200 g/mol. The molecule has 0 spiro atoms. The van der Waals surface area contributed by atoms with Crippen molar-refractivity contribution >= 4 is 5.91 Å². The maximum Gasteiger partial charge on any atom is 0.227 e. The van der Waals surface area contributed by atoms with Crippen molar-refractivity contribution in [3.05, 3.63) is 0 Å². The lowest BCUT2D eigenvalue weighted by molar-refractivity contribution is -0.136. The van der Waals surface area contributed by atoms with Crippen LogP contribution in [0.4, 0.5) is 0 Å². The first kappa shape index (κ1) is 11.9. The molecule has 3 nitrogen and oxygen atoms in total. The number of amides is 1. The van der Waals surface area contributed by atoms with Crippen molar-refractivity contribution in [2.75, 3.05) is 13.6 Å². The molecule has 16 heavy (non-hydrogen) atoms. The van der Waals surface area contributed by atoms with Crippen molar-refractivity contribution in [2.24, 2.45) is 23.5 Å². The molecule has 1 amide bonds. The van der Waals surface area contributed by atoms with E-state index in [1.165, 1.54) is 19.3 Å². The minimum Gasteiger partial charge on any atom is -0.345 e. The van der Waals surface area contributed by atoms with Crippen LogP contribution in [0.25, 0.3) is 0 Å². The van der Waals surface area contributed by atoms with Crippen molar-refractivity contribution in [3.63, 3.8) is 0 Å². The minimum absolute atomic E-state index is 0.126. The van der Waals surface area contributed by atoms with E-state index in [4.69, 9.17) is 5.73 Å². The Bertz CT molecular complexity index is 265. The monoisotopic (exact) mass is 224 g/mol. The molecule has 0 radical (unpaired) electrons. The highest BCUT2D eigenvalue weighted by Crippen LogP contribution is 2.48. The molecule has 2 fully saturated rings. The van der Waals surface area contributed by atoms with Gasteiger partial charge in [0, 0.05) is 19.6 Å². The fraction of sp³-hybridized carbons (Fsp3) is 0.923. The molecule has 2 N–H and O–H groups in total. The molecule has 92 valence electrons. The lowest BCUT2D eigenvalue weighted by atomic mass is 9.84. The molecule has 2 bridgehead atoms. The van der Waals surface area contributed by atoms with Crippen LogP contribution in [0.5, 0.6) is 0 Å². The maximum absolute atomic E-state index is 12.3. The number of rotatable bonds is 4. The molecule has 0 heterocycles. The van der Waals surface area contributed by atoms with E-state index in [-0.39, 0.29) is 12.0 Å². The molecular formula is C13H24N2O. The third kappa shape index (κ3) is 1.97. The predicted molar refractivity (Wildman–Crippen MR) is 64.8 cm³/mol. The van der Waals surface area contributed by atoms with Gasteiger partial charge in [-0.05, 0) is 37.5 Å². The van der Waals surface area contributed by atoms with Crippen molar-refractivity contribution in [2.45, 2.75) is 45.1 Å². The Balaban J connectivity index is 1.94. The average molecular weight is 224 g/mol. The largest absolute Gasteiger partial charge is 0.345 e. The van der Waals surface area contributed by atoms with Gasteiger partial charge in [0.25, 0.3) is 0 Å². The zero-order chi connectivity index (χ0) is 11.7. The molecule has 2 aliphatic carbocycles. The van der Waals surface area contributed by atoms with Gasteiger partial charge in [0.1, 0.15) is 0 Å². The average Bonchev–Trinajstić information content (AvgIpc) is 2.85. The highest BCUT2D eigenvalue weighted by molar-refractivity contribution is 5.80. The molecule has 0 aliphatic heterocycles. The van der Waals surface area contributed by atoms with Gasteiger partial charge in [-0.3, -0.25) is 4.79 Å². The second-order valence-electron chi connectivity index (χ2n) is 5.55. The minimum atomic E-state index is 0.126. The van der Waals surface area contributed by atoms with Crippen LogP contribution in [0, 0.1) is 17.8 Å². The highest BCUT2D eigenvalue weighted by Gasteiger charge is 2.49. The zero-order valence-electron chi connectivity index (χ0n) is 10.5. The number of hydrogen-bond donors (Lipinski definition) is 1. The lowest BCUT2D eigenvalue weighted by Crippen LogP contribution is -2.46. The summed E-state index contributed by atoms with van der Waals surface area (Å²) in [6, 6.07) is 0.135. The Morgan fingerprint density at radius 2 is 2.06 bits per heavy atom. The second-order valence-corrected chi connectivity index (χ2v) is 5.55. The molecule has 0 aromatic heterocycles. The van der Waals surface area contributed by atoms with E-state index in [0.717, 1.165) is 19.4 Å². The number of fused-ring (bicyclic) bond motifs is 2. The fourth-order valence-electron chi connectivity index (χ4n) is 3.46. The Hall–Kier alpha value is -0.570. The van der Waals surface area contributed by atoms with Gasteiger partial charge in [0.05, 0.1) is 5.92 Å². The zero-order valence-corrected chi connectivity index (χ0v) is 10.5. The Kier molecular flexibility index (Phi) is 3.53. The molecule has 2 rings (SSSR count).